The summed E-state index contributed by atoms with van der Waals surface area (Å²) in [5.74, 6) is 0.882. The Labute approximate surface area is 113 Å². The van der Waals surface area contributed by atoms with E-state index < -0.39 is 0 Å². The van der Waals surface area contributed by atoms with Crippen molar-refractivity contribution in [2.24, 2.45) is 0 Å². The van der Waals surface area contributed by atoms with Gasteiger partial charge in [-0.3, -0.25) is 4.98 Å². The Balaban J connectivity index is 2.08. The standard InChI is InChI=1S/C14H19N5/c1-3-19(11-13-6-4-5-9-16-13)14-8-7-12(10-15-2)17-18-14/h4-9,15H,3,10-11H2,1-2H3. The fourth-order valence-electron chi connectivity index (χ4n) is 1.84. The molecule has 19 heavy (non-hydrogen) atoms. The first-order valence-corrected chi connectivity index (χ1v) is 6.45. The van der Waals surface area contributed by atoms with Crippen LogP contribution >= 0.6 is 0 Å². The number of anilines is 1. The Morgan fingerprint density at radius 2 is 2.00 bits per heavy atom. The lowest BCUT2D eigenvalue weighted by Crippen LogP contribution is -2.24. The molecule has 2 rings (SSSR count). The van der Waals surface area contributed by atoms with Gasteiger partial charge in [0.05, 0.1) is 17.9 Å². The van der Waals surface area contributed by atoms with Crippen LogP contribution in [-0.2, 0) is 13.1 Å². The first kappa shape index (κ1) is 13.4. The van der Waals surface area contributed by atoms with Crippen LogP contribution in [0.2, 0.25) is 0 Å². The Morgan fingerprint density at radius 3 is 2.58 bits per heavy atom. The van der Waals surface area contributed by atoms with Crippen LogP contribution in [0.1, 0.15) is 18.3 Å². The molecule has 0 aromatic carbocycles. The van der Waals surface area contributed by atoms with Gasteiger partial charge >= 0.3 is 0 Å². The maximum atomic E-state index is 4.34. The first-order valence-electron chi connectivity index (χ1n) is 6.45. The number of nitrogens with zero attached hydrogens (tertiary/aromatic N) is 4. The molecule has 5 heteroatoms. The van der Waals surface area contributed by atoms with Crippen molar-refractivity contribution < 1.29 is 0 Å². The van der Waals surface area contributed by atoms with Gasteiger partial charge in [-0.2, -0.15) is 5.10 Å². The zero-order valence-electron chi connectivity index (χ0n) is 11.4. The largest absolute Gasteiger partial charge is 0.350 e. The molecule has 0 radical (unpaired) electrons. The summed E-state index contributed by atoms with van der Waals surface area (Å²) in [5.41, 5.74) is 1.98. The molecule has 100 valence electrons. The van der Waals surface area contributed by atoms with Crippen molar-refractivity contribution in [2.45, 2.75) is 20.0 Å². The molecule has 0 amide bonds. The molecule has 0 aliphatic heterocycles. The molecule has 0 aliphatic rings. The second-order valence-electron chi connectivity index (χ2n) is 4.25. The van der Waals surface area contributed by atoms with E-state index >= 15 is 0 Å². The van der Waals surface area contributed by atoms with E-state index in [1.807, 2.05) is 43.6 Å². The topological polar surface area (TPSA) is 53.9 Å². The highest BCUT2D eigenvalue weighted by atomic mass is 15.3. The molecule has 0 atom stereocenters. The number of nitrogens with one attached hydrogen (secondary N) is 1. The van der Waals surface area contributed by atoms with Gasteiger partial charge in [0.1, 0.15) is 0 Å². The second kappa shape index (κ2) is 6.80. The summed E-state index contributed by atoms with van der Waals surface area (Å²) >= 11 is 0. The quantitative estimate of drug-likeness (QED) is 0.852. The average molecular weight is 257 g/mol. The van der Waals surface area contributed by atoms with Crippen molar-refractivity contribution in [2.75, 3.05) is 18.5 Å². The van der Waals surface area contributed by atoms with Crippen LogP contribution in [0.4, 0.5) is 5.82 Å². The molecule has 0 saturated carbocycles. The summed E-state index contributed by atoms with van der Waals surface area (Å²) < 4.78 is 0. The van der Waals surface area contributed by atoms with Gasteiger partial charge in [-0.1, -0.05) is 6.07 Å². The molecule has 0 aliphatic carbocycles. The molecule has 5 nitrogen and oxygen atoms in total. The Bertz CT molecular complexity index is 483. The van der Waals surface area contributed by atoms with E-state index in [0.717, 1.165) is 36.8 Å². The lowest BCUT2D eigenvalue weighted by atomic mass is 10.3. The van der Waals surface area contributed by atoms with Crippen LogP contribution in [0.15, 0.2) is 36.5 Å². The van der Waals surface area contributed by atoms with E-state index in [1.54, 1.807) is 0 Å². The number of hydrogen-bond donors (Lipinski definition) is 1. The summed E-state index contributed by atoms with van der Waals surface area (Å²) in [7, 11) is 1.90. The molecule has 0 unspecified atom stereocenters. The minimum Gasteiger partial charge on any atom is -0.350 e. The van der Waals surface area contributed by atoms with Crippen molar-refractivity contribution in [1.82, 2.24) is 20.5 Å². The molecule has 0 spiro atoms. The highest BCUT2D eigenvalue weighted by molar-refractivity contribution is 5.37. The molecular formula is C14H19N5. The SMILES string of the molecule is CCN(Cc1ccccn1)c1ccc(CNC)nn1. The zero-order valence-corrected chi connectivity index (χ0v) is 11.4. The third-order valence-electron chi connectivity index (χ3n) is 2.85. The van der Waals surface area contributed by atoms with E-state index in [2.05, 4.69) is 32.3 Å². The second-order valence-corrected chi connectivity index (χ2v) is 4.25. The van der Waals surface area contributed by atoms with E-state index in [4.69, 9.17) is 0 Å². The minimum atomic E-state index is 0.736. The number of rotatable bonds is 6. The van der Waals surface area contributed by atoms with Crippen molar-refractivity contribution in [3.63, 3.8) is 0 Å². The van der Waals surface area contributed by atoms with Crippen molar-refractivity contribution in [3.05, 3.63) is 47.9 Å². The van der Waals surface area contributed by atoms with Gasteiger partial charge in [-0.15, -0.1) is 5.10 Å². The normalized spacial score (nSPS) is 10.4. The molecule has 0 bridgehead atoms. The maximum absolute atomic E-state index is 4.34. The van der Waals surface area contributed by atoms with E-state index in [-0.39, 0.29) is 0 Å². The van der Waals surface area contributed by atoms with Gasteiger partial charge in [0.15, 0.2) is 5.82 Å². The third-order valence-corrected chi connectivity index (χ3v) is 2.85. The van der Waals surface area contributed by atoms with Crippen LogP contribution in [-0.4, -0.2) is 28.8 Å². The molecule has 2 heterocycles. The average Bonchev–Trinajstić information content (AvgIpc) is 2.47. The summed E-state index contributed by atoms with van der Waals surface area (Å²) in [6.45, 7) is 4.46. The summed E-state index contributed by atoms with van der Waals surface area (Å²) in [5, 5.41) is 11.5. The predicted molar refractivity (Wildman–Crippen MR) is 75.8 cm³/mol. The van der Waals surface area contributed by atoms with Crippen LogP contribution in [0.3, 0.4) is 0 Å². The summed E-state index contributed by atoms with van der Waals surface area (Å²) in [6.07, 6.45) is 1.81. The highest BCUT2D eigenvalue weighted by Crippen LogP contribution is 2.12. The van der Waals surface area contributed by atoms with Crippen LogP contribution in [0.25, 0.3) is 0 Å². The van der Waals surface area contributed by atoms with Crippen LogP contribution in [0.5, 0.6) is 0 Å². The predicted octanol–water partition coefficient (Wildman–Crippen LogP) is 1.62. The summed E-state index contributed by atoms with van der Waals surface area (Å²) in [6, 6.07) is 9.95. The Kier molecular flexibility index (Phi) is 4.80. The van der Waals surface area contributed by atoms with Gasteiger partial charge in [0, 0.05) is 19.3 Å². The number of hydrogen-bond acceptors (Lipinski definition) is 5. The van der Waals surface area contributed by atoms with Crippen molar-refractivity contribution in [1.29, 1.82) is 0 Å². The lowest BCUT2D eigenvalue weighted by Gasteiger charge is -2.20. The van der Waals surface area contributed by atoms with Gasteiger partial charge < -0.3 is 10.2 Å². The Hall–Kier alpha value is -2.01. The first-order chi connectivity index (χ1) is 9.33. The summed E-state index contributed by atoms with van der Waals surface area (Å²) in [4.78, 5) is 6.49. The monoisotopic (exact) mass is 257 g/mol. The van der Waals surface area contributed by atoms with Crippen molar-refractivity contribution >= 4 is 5.82 Å². The highest BCUT2D eigenvalue weighted by Gasteiger charge is 2.08. The number of aromatic nitrogens is 3. The molecule has 2 aromatic rings. The fraction of sp³-hybridized carbons (Fsp3) is 0.357. The smallest absolute Gasteiger partial charge is 0.151 e. The van der Waals surface area contributed by atoms with E-state index in [0.29, 0.717) is 0 Å². The van der Waals surface area contributed by atoms with Gasteiger partial charge in [0.25, 0.3) is 0 Å². The van der Waals surface area contributed by atoms with E-state index in [1.165, 1.54) is 0 Å². The molecule has 2 aromatic heterocycles. The zero-order chi connectivity index (χ0) is 13.5. The van der Waals surface area contributed by atoms with Gasteiger partial charge in [-0.05, 0) is 38.2 Å². The van der Waals surface area contributed by atoms with Gasteiger partial charge in [0.2, 0.25) is 0 Å². The molecule has 0 saturated heterocycles. The maximum Gasteiger partial charge on any atom is 0.151 e. The Morgan fingerprint density at radius 1 is 1.11 bits per heavy atom. The van der Waals surface area contributed by atoms with E-state index in [9.17, 15) is 0 Å². The van der Waals surface area contributed by atoms with Crippen LogP contribution in [0, 0.1) is 0 Å². The minimum absolute atomic E-state index is 0.736. The fourth-order valence-corrected chi connectivity index (χ4v) is 1.84. The molecular weight excluding hydrogens is 238 g/mol. The molecule has 1 N–H and O–H groups in total. The molecule has 0 fully saturated rings. The van der Waals surface area contributed by atoms with Crippen molar-refractivity contribution in [3.8, 4) is 0 Å². The lowest BCUT2D eigenvalue weighted by molar-refractivity contribution is 0.742. The van der Waals surface area contributed by atoms with Crippen LogP contribution < -0.4 is 10.2 Å². The number of pyridine rings is 1. The van der Waals surface area contributed by atoms with Gasteiger partial charge in [-0.25, -0.2) is 0 Å². The third kappa shape index (κ3) is 3.72.